The van der Waals surface area contributed by atoms with Crippen LogP contribution in [0.2, 0.25) is 5.02 Å². The normalized spacial score (nSPS) is 12.6. The van der Waals surface area contributed by atoms with Gasteiger partial charge in [-0.2, -0.15) is 0 Å². The Hall–Kier alpha value is -2.28. The number of aromatic nitrogens is 4. The first-order chi connectivity index (χ1) is 14.1. The van der Waals surface area contributed by atoms with Crippen molar-refractivity contribution in [2.24, 2.45) is 5.92 Å². The summed E-state index contributed by atoms with van der Waals surface area (Å²) in [6, 6.07) is 18.6. The summed E-state index contributed by atoms with van der Waals surface area (Å²) in [4.78, 5) is 2.43. The fourth-order valence-corrected chi connectivity index (χ4v) is 3.66. The Balaban J connectivity index is 1.94. The number of hydrogen-bond acceptors (Lipinski definition) is 5. The number of tetrazole rings is 1. The molecule has 6 nitrogen and oxygen atoms in total. The molecule has 0 fully saturated rings. The molecule has 29 heavy (non-hydrogen) atoms. The number of methoxy groups -OCH3 is 1. The molecule has 0 unspecified atom stereocenters. The molecule has 1 atom stereocenters. The molecule has 0 aliphatic carbocycles. The Labute approximate surface area is 177 Å². The smallest absolute Gasteiger partial charge is 0.168 e. The van der Waals surface area contributed by atoms with Gasteiger partial charge in [-0.3, -0.25) is 4.90 Å². The van der Waals surface area contributed by atoms with Crippen molar-refractivity contribution < 1.29 is 4.74 Å². The highest BCUT2D eigenvalue weighted by Gasteiger charge is 2.29. The van der Waals surface area contributed by atoms with Gasteiger partial charge in [-0.05, 0) is 39.6 Å². The van der Waals surface area contributed by atoms with Gasteiger partial charge in [0.2, 0.25) is 0 Å². The number of hydrogen-bond donors (Lipinski definition) is 0. The van der Waals surface area contributed by atoms with Crippen molar-refractivity contribution in [1.82, 2.24) is 25.1 Å². The molecule has 0 amide bonds. The predicted octanol–water partition coefficient (Wildman–Crippen LogP) is 4.37. The lowest BCUT2D eigenvalue weighted by Crippen LogP contribution is -2.34. The van der Waals surface area contributed by atoms with Crippen molar-refractivity contribution in [2.45, 2.75) is 39.5 Å². The lowest BCUT2D eigenvalue weighted by atomic mass is 9.99. The first-order valence-electron chi connectivity index (χ1n) is 9.86. The van der Waals surface area contributed by atoms with E-state index in [1.165, 1.54) is 11.1 Å². The predicted molar refractivity (Wildman–Crippen MR) is 114 cm³/mol. The molecule has 0 saturated carbocycles. The van der Waals surface area contributed by atoms with E-state index >= 15 is 0 Å². The zero-order chi connectivity index (χ0) is 20.6. The molecule has 2 aromatic carbocycles. The molecule has 0 saturated heterocycles. The zero-order valence-corrected chi connectivity index (χ0v) is 18.0. The summed E-state index contributed by atoms with van der Waals surface area (Å²) in [7, 11) is 1.69. The molecule has 0 aliphatic heterocycles. The second kappa shape index (κ2) is 10.5. The molecular weight excluding hydrogens is 386 g/mol. The van der Waals surface area contributed by atoms with Gasteiger partial charge in [0.1, 0.15) is 0 Å². The van der Waals surface area contributed by atoms with Crippen LogP contribution in [0.4, 0.5) is 0 Å². The first-order valence-corrected chi connectivity index (χ1v) is 10.2. The van der Waals surface area contributed by atoms with E-state index in [4.69, 9.17) is 16.3 Å². The summed E-state index contributed by atoms with van der Waals surface area (Å²) in [5.41, 5.74) is 2.45. The third-order valence-corrected chi connectivity index (χ3v) is 5.14. The molecule has 3 aromatic rings. The summed E-state index contributed by atoms with van der Waals surface area (Å²) < 4.78 is 7.09. The standard InChI is InChI=1S/C22H28ClN5O/c1-17(2)21(22-24-25-26-28(22)13-14-29-3)27(15-18-7-5-4-6-8-18)16-19-9-11-20(23)12-10-19/h4-12,17,21H,13-16H2,1-3H3/t21-/m1/s1. The Morgan fingerprint density at radius 3 is 2.28 bits per heavy atom. The third kappa shape index (κ3) is 5.85. The van der Waals surface area contributed by atoms with Crippen LogP contribution in [0.1, 0.15) is 36.8 Å². The highest BCUT2D eigenvalue weighted by atomic mass is 35.5. The van der Waals surface area contributed by atoms with E-state index in [2.05, 4.69) is 70.7 Å². The molecule has 0 bridgehead atoms. The minimum Gasteiger partial charge on any atom is -0.383 e. The number of ether oxygens (including phenoxy) is 1. The molecule has 0 N–H and O–H groups in total. The molecule has 0 spiro atoms. The summed E-state index contributed by atoms with van der Waals surface area (Å²) in [5, 5.41) is 13.3. The van der Waals surface area contributed by atoms with E-state index in [1.807, 2.05) is 22.9 Å². The summed E-state index contributed by atoms with van der Waals surface area (Å²) in [5.74, 6) is 1.18. The van der Waals surface area contributed by atoms with E-state index in [-0.39, 0.29) is 6.04 Å². The topological polar surface area (TPSA) is 56.1 Å². The van der Waals surface area contributed by atoms with E-state index in [9.17, 15) is 0 Å². The molecule has 3 rings (SSSR count). The van der Waals surface area contributed by atoms with Crippen LogP contribution in [0.3, 0.4) is 0 Å². The van der Waals surface area contributed by atoms with Crippen molar-refractivity contribution >= 4 is 11.6 Å². The van der Waals surface area contributed by atoms with Gasteiger partial charge in [-0.25, -0.2) is 4.68 Å². The van der Waals surface area contributed by atoms with Gasteiger partial charge in [-0.15, -0.1) is 5.10 Å². The number of benzene rings is 2. The van der Waals surface area contributed by atoms with Crippen molar-refractivity contribution in [3.05, 3.63) is 76.6 Å². The lowest BCUT2D eigenvalue weighted by molar-refractivity contribution is 0.121. The van der Waals surface area contributed by atoms with Crippen LogP contribution in [0.15, 0.2) is 54.6 Å². The second-order valence-electron chi connectivity index (χ2n) is 7.46. The quantitative estimate of drug-likeness (QED) is 0.494. The van der Waals surface area contributed by atoms with E-state index in [0.29, 0.717) is 19.1 Å². The molecule has 0 aliphatic rings. The number of halogens is 1. The molecule has 7 heteroatoms. The maximum absolute atomic E-state index is 6.09. The SMILES string of the molecule is COCCn1nnnc1[C@@H](C(C)C)N(Cc1ccccc1)Cc1ccc(Cl)cc1. The van der Waals surface area contributed by atoms with Crippen LogP contribution < -0.4 is 0 Å². The Bertz CT molecular complexity index is 866. The number of rotatable bonds is 10. The highest BCUT2D eigenvalue weighted by Crippen LogP contribution is 2.30. The minimum absolute atomic E-state index is 0.0535. The van der Waals surface area contributed by atoms with Gasteiger partial charge in [0, 0.05) is 25.2 Å². The fourth-order valence-electron chi connectivity index (χ4n) is 3.54. The van der Waals surface area contributed by atoms with Gasteiger partial charge in [0.25, 0.3) is 0 Å². The summed E-state index contributed by atoms with van der Waals surface area (Å²) >= 11 is 6.09. The van der Waals surface area contributed by atoms with Gasteiger partial charge in [0.15, 0.2) is 5.82 Å². The Morgan fingerprint density at radius 2 is 1.66 bits per heavy atom. The van der Waals surface area contributed by atoms with E-state index in [0.717, 1.165) is 23.9 Å². The van der Waals surface area contributed by atoms with E-state index in [1.54, 1.807) is 7.11 Å². The molecule has 0 radical (unpaired) electrons. The Kier molecular flexibility index (Phi) is 7.75. The third-order valence-electron chi connectivity index (χ3n) is 4.88. The highest BCUT2D eigenvalue weighted by molar-refractivity contribution is 6.30. The average Bonchev–Trinajstić information content (AvgIpc) is 3.16. The fraction of sp³-hybridized carbons (Fsp3) is 0.409. The summed E-state index contributed by atoms with van der Waals surface area (Å²) in [6.07, 6.45) is 0. The molecule has 1 heterocycles. The van der Waals surface area contributed by atoms with Crippen LogP contribution in [0, 0.1) is 5.92 Å². The Morgan fingerprint density at radius 1 is 1.00 bits per heavy atom. The molecule has 154 valence electrons. The van der Waals surface area contributed by atoms with Crippen molar-refractivity contribution in [3.63, 3.8) is 0 Å². The zero-order valence-electron chi connectivity index (χ0n) is 17.2. The molecular formula is C22H28ClN5O. The van der Waals surface area contributed by atoms with Crippen LogP contribution in [-0.2, 0) is 24.4 Å². The van der Waals surface area contributed by atoms with Crippen molar-refractivity contribution in [1.29, 1.82) is 0 Å². The first kappa shape index (κ1) is 21.4. The van der Waals surface area contributed by atoms with Gasteiger partial charge in [0.05, 0.1) is 19.2 Å². The minimum atomic E-state index is 0.0535. The van der Waals surface area contributed by atoms with Gasteiger partial charge in [-0.1, -0.05) is 67.9 Å². The lowest BCUT2D eigenvalue weighted by Gasteiger charge is -2.33. The largest absolute Gasteiger partial charge is 0.383 e. The maximum Gasteiger partial charge on any atom is 0.168 e. The van der Waals surface area contributed by atoms with Crippen LogP contribution in [0.5, 0.6) is 0 Å². The van der Waals surface area contributed by atoms with Crippen LogP contribution in [0.25, 0.3) is 0 Å². The monoisotopic (exact) mass is 413 g/mol. The van der Waals surface area contributed by atoms with Crippen molar-refractivity contribution in [2.75, 3.05) is 13.7 Å². The van der Waals surface area contributed by atoms with Crippen LogP contribution >= 0.6 is 11.6 Å². The van der Waals surface area contributed by atoms with Gasteiger partial charge < -0.3 is 4.74 Å². The molecule has 1 aromatic heterocycles. The van der Waals surface area contributed by atoms with Gasteiger partial charge >= 0.3 is 0 Å². The van der Waals surface area contributed by atoms with Crippen molar-refractivity contribution in [3.8, 4) is 0 Å². The van der Waals surface area contributed by atoms with Crippen LogP contribution in [-0.4, -0.2) is 38.8 Å². The second-order valence-corrected chi connectivity index (χ2v) is 7.90. The summed E-state index contributed by atoms with van der Waals surface area (Å²) in [6.45, 7) is 7.18. The van der Waals surface area contributed by atoms with E-state index < -0.39 is 0 Å². The maximum atomic E-state index is 6.09. The number of nitrogens with zero attached hydrogens (tertiary/aromatic N) is 5. The average molecular weight is 414 g/mol.